The lowest BCUT2D eigenvalue weighted by Crippen LogP contribution is -2.40. The summed E-state index contributed by atoms with van der Waals surface area (Å²) in [5.74, 6) is 0.620. The highest BCUT2D eigenvalue weighted by molar-refractivity contribution is 5.94. The van der Waals surface area contributed by atoms with Crippen LogP contribution in [-0.4, -0.2) is 37.7 Å². The molecule has 2 aromatic carbocycles. The first-order valence-corrected chi connectivity index (χ1v) is 10.5. The van der Waals surface area contributed by atoms with Gasteiger partial charge >= 0.3 is 6.18 Å². The number of para-hydroxylation sites is 1. The van der Waals surface area contributed by atoms with Gasteiger partial charge in [-0.3, -0.25) is 4.79 Å². The Bertz CT molecular complexity index is 947. The van der Waals surface area contributed by atoms with E-state index in [0.29, 0.717) is 37.6 Å². The maximum absolute atomic E-state index is 12.3. The Morgan fingerprint density at radius 1 is 1.16 bits per heavy atom. The van der Waals surface area contributed by atoms with Gasteiger partial charge in [-0.25, -0.2) is 4.99 Å². The van der Waals surface area contributed by atoms with Gasteiger partial charge in [-0.15, -0.1) is 0 Å². The van der Waals surface area contributed by atoms with Gasteiger partial charge in [0, 0.05) is 31.1 Å². The third kappa shape index (κ3) is 7.26. The topological polar surface area (TPSA) is 74.8 Å². The molecule has 0 aromatic heterocycles. The predicted octanol–water partition coefficient (Wildman–Crippen LogP) is 3.95. The van der Waals surface area contributed by atoms with Crippen molar-refractivity contribution >= 4 is 17.6 Å². The van der Waals surface area contributed by atoms with E-state index in [1.54, 1.807) is 18.2 Å². The number of hydrogen-bond donors (Lipinski definition) is 3. The average Bonchev–Trinajstić information content (AvgIpc) is 2.75. The smallest absolute Gasteiger partial charge is 0.367 e. The van der Waals surface area contributed by atoms with Crippen LogP contribution in [0.3, 0.4) is 0 Å². The van der Waals surface area contributed by atoms with Crippen LogP contribution in [0.2, 0.25) is 0 Å². The van der Waals surface area contributed by atoms with Crippen LogP contribution in [0.5, 0.6) is 0 Å². The molecule has 2 aromatic rings. The number of guanidine groups is 1. The van der Waals surface area contributed by atoms with Gasteiger partial charge in [0.15, 0.2) is 5.96 Å². The van der Waals surface area contributed by atoms with E-state index in [2.05, 4.69) is 20.9 Å². The van der Waals surface area contributed by atoms with Crippen molar-refractivity contribution in [2.75, 3.05) is 25.0 Å². The van der Waals surface area contributed by atoms with Crippen LogP contribution >= 0.6 is 0 Å². The van der Waals surface area contributed by atoms with E-state index in [1.165, 1.54) is 0 Å². The first kappa shape index (κ1) is 23.6. The molecule has 3 rings (SSSR count). The lowest BCUT2D eigenvalue weighted by atomic mass is 9.90. The standard InChI is InChI=1S/C23H27F3N4O2/c1-2-27-22(29-13-18-11-21(31)30-20-9-4-3-8-19(18)20)28-12-16-6-5-7-17(10-16)14-32-15-23(24,25)26/h3-10,18H,2,11-15H2,1H3,(H,30,31)(H2,27,28,29). The van der Waals surface area contributed by atoms with Gasteiger partial charge in [0.25, 0.3) is 0 Å². The quantitative estimate of drug-likeness (QED) is 0.422. The SMILES string of the molecule is CCNC(=NCc1cccc(COCC(F)(F)F)c1)NCC1CC(=O)Nc2ccccc21. The number of nitrogens with one attached hydrogen (secondary N) is 3. The van der Waals surface area contributed by atoms with Crippen molar-refractivity contribution in [1.29, 1.82) is 0 Å². The molecule has 0 spiro atoms. The number of carbonyl (C=O) groups excluding carboxylic acids is 1. The number of halogens is 3. The van der Waals surface area contributed by atoms with E-state index in [9.17, 15) is 18.0 Å². The maximum atomic E-state index is 12.3. The highest BCUT2D eigenvalue weighted by Crippen LogP contribution is 2.31. The lowest BCUT2D eigenvalue weighted by molar-refractivity contribution is -0.176. The maximum Gasteiger partial charge on any atom is 0.411 e. The number of anilines is 1. The molecule has 0 bridgehead atoms. The van der Waals surface area contributed by atoms with Gasteiger partial charge in [-0.05, 0) is 29.7 Å². The van der Waals surface area contributed by atoms with Crippen molar-refractivity contribution in [1.82, 2.24) is 10.6 Å². The zero-order valence-corrected chi connectivity index (χ0v) is 17.8. The molecular weight excluding hydrogens is 421 g/mol. The molecule has 0 radical (unpaired) electrons. The van der Waals surface area contributed by atoms with Crippen molar-refractivity contribution in [3.8, 4) is 0 Å². The number of benzene rings is 2. The van der Waals surface area contributed by atoms with Crippen molar-refractivity contribution in [2.45, 2.75) is 38.6 Å². The van der Waals surface area contributed by atoms with Crippen LogP contribution in [0.4, 0.5) is 18.9 Å². The molecule has 6 nitrogen and oxygen atoms in total. The number of ether oxygens (including phenoxy) is 1. The lowest BCUT2D eigenvalue weighted by Gasteiger charge is -2.26. The van der Waals surface area contributed by atoms with Crippen LogP contribution in [0, 0.1) is 0 Å². The number of nitrogens with zero attached hydrogens (tertiary/aromatic N) is 1. The molecule has 1 amide bonds. The normalized spacial score (nSPS) is 16.3. The fraction of sp³-hybridized carbons (Fsp3) is 0.391. The van der Waals surface area contributed by atoms with Gasteiger partial charge in [-0.2, -0.15) is 13.2 Å². The Labute approximate surface area is 185 Å². The average molecular weight is 448 g/mol. The second-order valence-corrected chi connectivity index (χ2v) is 7.54. The summed E-state index contributed by atoms with van der Waals surface area (Å²) in [6, 6.07) is 14.9. The molecular formula is C23H27F3N4O2. The zero-order valence-electron chi connectivity index (χ0n) is 17.8. The summed E-state index contributed by atoms with van der Waals surface area (Å²) < 4.78 is 41.5. The molecule has 1 heterocycles. The molecule has 9 heteroatoms. The fourth-order valence-electron chi connectivity index (χ4n) is 3.52. The minimum absolute atomic E-state index is 0.0120. The number of aliphatic imine (C=N–C) groups is 1. The Balaban J connectivity index is 1.60. The molecule has 172 valence electrons. The number of hydrogen-bond acceptors (Lipinski definition) is 3. The van der Waals surface area contributed by atoms with E-state index < -0.39 is 12.8 Å². The van der Waals surface area contributed by atoms with Crippen LogP contribution in [-0.2, 0) is 22.7 Å². The van der Waals surface area contributed by atoms with Crippen LogP contribution in [0.1, 0.15) is 36.0 Å². The first-order valence-electron chi connectivity index (χ1n) is 10.5. The number of alkyl halides is 3. The van der Waals surface area contributed by atoms with Crippen molar-refractivity contribution < 1.29 is 22.7 Å². The Morgan fingerprint density at radius 2 is 1.94 bits per heavy atom. The number of carbonyl (C=O) groups is 1. The third-order valence-electron chi connectivity index (χ3n) is 4.91. The monoisotopic (exact) mass is 448 g/mol. The summed E-state index contributed by atoms with van der Waals surface area (Å²) in [6.07, 6.45) is -3.95. The number of amides is 1. The highest BCUT2D eigenvalue weighted by atomic mass is 19.4. The molecule has 0 aliphatic carbocycles. The highest BCUT2D eigenvalue weighted by Gasteiger charge is 2.27. The largest absolute Gasteiger partial charge is 0.411 e. The molecule has 1 atom stereocenters. The predicted molar refractivity (Wildman–Crippen MR) is 117 cm³/mol. The Hall–Kier alpha value is -3.07. The summed E-state index contributed by atoms with van der Waals surface area (Å²) in [5, 5.41) is 9.37. The minimum atomic E-state index is -4.34. The Morgan fingerprint density at radius 3 is 2.72 bits per heavy atom. The first-order chi connectivity index (χ1) is 15.3. The molecule has 0 saturated heterocycles. The van der Waals surface area contributed by atoms with Gasteiger partial charge in [0.05, 0.1) is 13.2 Å². The molecule has 1 aliphatic heterocycles. The van der Waals surface area contributed by atoms with Crippen LogP contribution in [0.15, 0.2) is 53.5 Å². The van der Waals surface area contributed by atoms with Crippen molar-refractivity contribution in [3.05, 3.63) is 65.2 Å². The molecule has 3 N–H and O–H groups in total. The second-order valence-electron chi connectivity index (χ2n) is 7.54. The molecule has 0 fully saturated rings. The summed E-state index contributed by atoms with van der Waals surface area (Å²) >= 11 is 0. The van der Waals surface area contributed by atoms with E-state index in [-0.39, 0.29) is 18.4 Å². The molecule has 1 unspecified atom stereocenters. The van der Waals surface area contributed by atoms with E-state index in [1.807, 2.05) is 37.3 Å². The van der Waals surface area contributed by atoms with Crippen molar-refractivity contribution in [3.63, 3.8) is 0 Å². The van der Waals surface area contributed by atoms with Crippen molar-refractivity contribution in [2.24, 2.45) is 4.99 Å². The van der Waals surface area contributed by atoms with Gasteiger partial charge in [0.1, 0.15) is 6.61 Å². The summed E-state index contributed by atoms with van der Waals surface area (Å²) in [7, 11) is 0. The van der Waals surface area contributed by atoms with E-state index in [4.69, 9.17) is 4.74 Å². The minimum Gasteiger partial charge on any atom is -0.367 e. The third-order valence-corrected chi connectivity index (χ3v) is 4.91. The van der Waals surface area contributed by atoms with E-state index in [0.717, 1.165) is 16.8 Å². The second kappa shape index (κ2) is 11.0. The summed E-state index contributed by atoms with van der Waals surface area (Å²) in [5.41, 5.74) is 3.44. The van der Waals surface area contributed by atoms with Gasteiger partial charge < -0.3 is 20.7 Å². The summed E-state index contributed by atoms with van der Waals surface area (Å²) in [6.45, 7) is 2.13. The van der Waals surface area contributed by atoms with E-state index >= 15 is 0 Å². The summed E-state index contributed by atoms with van der Waals surface area (Å²) in [4.78, 5) is 16.6. The zero-order chi connectivity index (χ0) is 23.0. The number of fused-ring (bicyclic) bond motifs is 1. The van der Waals surface area contributed by atoms with Crippen LogP contribution in [0.25, 0.3) is 0 Å². The van der Waals surface area contributed by atoms with Gasteiger partial charge in [0.2, 0.25) is 5.91 Å². The number of rotatable bonds is 8. The Kier molecular flexibility index (Phi) is 8.10. The van der Waals surface area contributed by atoms with Gasteiger partial charge in [-0.1, -0.05) is 42.5 Å². The fourth-order valence-corrected chi connectivity index (χ4v) is 3.52. The molecule has 32 heavy (non-hydrogen) atoms. The molecule has 0 saturated carbocycles. The van der Waals surface area contributed by atoms with Crippen LogP contribution < -0.4 is 16.0 Å². The molecule has 1 aliphatic rings.